The molecule has 1 aromatic rings. The molecule has 0 radical (unpaired) electrons. The van der Waals surface area contributed by atoms with Crippen molar-refractivity contribution in [3.8, 4) is 0 Å². The van der Waals surface area contributed by atoms with Gasteiger partial charge in [-0.25, -0.2) is 4.98 Å². The van der Waals surface area contributed by atoms with Crippen LogP contribution in [0.25, 0.3) is 0 Å². The SMILES string of the molecule is CNc1cccc(CN2CC(C)(C)OC(C)(C)C2)n1. The highest BCUT2D eigenvalue weighted by Crippen LogP contribution is 2.28. The number of anilines is 1. The largest absolute Gasteiger partial charge is 0.373 e. The smallest absolute Gasteiger partial charge is 0.126 e. The van der Waals surface area contributed by atoms with Gasteiger partial charge in [-0.3, -0.25) is 4.90 Å². The van der Waals surface area contributed by atoms with Crippen molar-refractivity contribution >= 4 is 5.82 Å². The van der Waals surface area contributed by atoms with Crippen LogP contribution < -0.4 is 5.32 Å². The van der Waals surface area contributed by atoms with E-state index in [1.54, 1.807) is 0 Å². The fourth-order valence-corrected chi connectivity index (χ4v) is 2.99. The molecule has 2 rings (SSSR count). The van der Waals surface area contributed by atoms with Crippen molar-refractivity contribution < 1.29 is 4.74 Å². The highest BCUT2D eigenvalue weighted by atomic mass is 16.5. The number of hydrogen-bond acceptors (Lipinski definition) is 4. The van der Waals surface area contributed by atoms with E-state index in [0.717, 1.165) is 31.1 Å². The van der Waals surface area contributed by atoms with Gasteiger partial charge in [0, 0.05) is 26.7 Å². The van der Waals surface area contributed by atoms with Gasteiger partial charge in [-0.05, 0) is 39.8 Å². The van der Waals surface area contributed by atoms with Gasteiger partial charge in [0.1, 0.15) is 5.82 Å². The molecule has 0 aliphatic carbocycles. The Hall–Kier alpha value is -1.13. The molecule has 1 aliphatic rings. The number of morpholine rings is 1. The van der Waals surface area contributed by atoms with E-state index in [2.05, 4.69) is 49.0 Å². The quantitative estimate of drug-likeness (QED) is 0.909. The summed E-state index contributed by atoms with van der Waals surface area (Å²) in [4.78, 5) is 7.01. The minimum atomic E-state index is -0.109. The second kappa shape index (κ2) is 5.10. The van der Waals surface area contributed by atoms with Crippen molar-refractivity contribution in [2.24, 2.45) is 0 Å². The maximum Gasteiger partial charge on any atom is 0.126 e. The van der Waals surface area contributed by atoms with Gasteiger partial charge in [0.05, 0.1) is 16.9 Å². The van der Waals surface area contributed by atoms with E-state index in [4.69, 9.17) is 4.74 Å². The number of hydrogen-bond donors (Lipinski definition) is 1. The Kier molecular flexibility index (Phi) is 3.83. The third-order valence-electron chi connectivity index (χ3n) is 3.21. The van der Waals surface area contributed by atoms with Crippen LogP contribution in [0.2, 0.25) is 0 Å². The highest BCUT2D eigenvalue weighted by molar-refractivity contribution is 5.34. The fraction of sp³-hybridized carbons (Fsp3) is 0.667. The molecule has 0 saturated carbocycles. The van der Waals surface area contributed by atoms with E-state index >= 15 is 0 Å². The van der Waals surface area contributed by atoms with Crippen LogP contribution in [0, 0.1) is 0 Å². The minimum absolute atomic E-state index is 0.109. The van der Waals surface area contributed by atoms with E-state index in [-0.39, 0.29) is 11.2 Å². The summed E-state index contributed by atoms with van der Waals surface area (Å²) >= 11 is 0. The summed E-state index contributed by atoms with van der Waals surface area (Å²) in [5, 5.41) is 3.08. The van der Waals surface area contributed by atoms with E-state index < -0.39 is 0 Å². The Morgan fingerprint density at radius 3 is 2.42 bits per heavy atom. The van der Waals surface area contributed by atoms with Crippen molar-refractivity contribution in [1.29, 1.82) is 0 Å². The third-order valence-corrected chi connectivity index (χ3v) is 3.21. The van der Waals surface area contributed by atoms with Gasteiger partial charge in [-0.15, -0.1) is 0 Å². The zero-order chi connectivity index (χ0) is 14.1. The van der Waals surface area contributed by atoms with Gasteiger partial charge in [0.25, 0.3) is 0 Å². The number of pyridine rings is 1. The van der Waals surface area contributed by atoms with E-state index in [0.29, 0.717) is 0 Å². The maximum absolute atomic E-state index is 6.10. The Balaban J connectivity index is 2.09. The standard InChI is InChI=1S/C15H25N3O/c1-14(2)10-18(11-15(3,4)19-14)9-12-7-6-8-13(16-5)17-12/h6-8H,9-11H2,1-5H3,(H,16,17). The van der Waals surface area contributed by atoms with Crippen molar-refractivity contribution in [2.75, 3.05) is 25.5 Å². The molecule has 0 unspecified atom stereocenters. The molecule has 1 aromatic heterocycles. The monoisotopic (exact) mass is 263 g/mol. The lowest BCUT2D eigenvalue weighted by Crippen LogP contribution is -2.56. The van der Waals surface area contributed by atoms with E-state index in [9.17, 15) is 0 Å². The number of nitrogens with one attached hydrogen (secondary N) is 1. The molecular weight excluding hydrogens is 238 g/mol. The molecule has 19 heavy (non-hydrogen) atoms. The number of rotatable bonds is 3. The molecule has 1 fully saturated rings. The molecule has 0 atom stereocenters. The van der Waals surface area contributed by atoms with Gasteiger partial charge in [-0.1, -0.05) is 6.07 Å². The maximum atomic E-state index is 6.10. The average molecular weight is 263 g/mol. The summed E-state index contributed by atoms with van der Waals surface area (Å²) in [5.74, 6) is 0.921. The third kappa shape index (κ3) is 3.91. The topological polar surface area (TPSA) is 37.4 Å². The second-order valence-corrected chi connectivity index (χ2v) is 6.53. The normalized spacial score (nSPS) is 22.2. The van der Waals surface area contributed by atoms with Gasteiger partial charge >= 0.3 is 0 Å². The zero-order valence-electron chi connectivity index (χ0n) is 12.7. The molecule has 0 amide bonds. The molecule has 1 aliphatic heterocycles. The lowest BCUT2D eigenvalue weighted by Gasteiger charge is -2.47. The number of aromatic nitrogens is 1. The van der Waals surface area contributed by atoms with Gasteiger partial charge in [-0.2, -0.15) is 0 Å². The number of nitrogens with zero attached hydrogens (tertiary/aromatic N) is 2. The molecule has 0 bridgehead atoms. The van der Waals surface area contributed by atoms with E-state index in [1.165, 1.54) is 0 Å². The van der Waals surface area contributed by atoms with Crippen LogP contribution in [0.3, 0.4) is 0 Å². The molecule has 1 N–H and O–H groups in total. The minimum Gasteiger partial charge on any atom is -0.373 e. The predicted molar refractivity (Wildman–Crippen MR) is 78.3 cm³/mol. The molecule has 2 heterocycles. The Bertz CT molecular complexity index is 427. The van der Waals surface area contributed by atoms with Crippen LogP contribution in [-0.4, -0.2) is 41.2 Å². The lowest BCUT2D eigenvalue weighted by molar-refractivity contribution is -0.182. The average Bonchev–Trinajstić information content (AvgIpc) is 2.24. The van der Waals surface area contributed by atoms with E-state index in [1.807, 2.05) is 19.2 Å². The van der Waals surface area contributed by atoms with Crippen LogP contribution in [-0.2, 0) is 11.3 Å². The number of ether oxygens (including phenoxy) is 1. The van der Waals surface area contributed by atoms with Gasteiger partial charge in [0.15, 0.2) is 0 Å². The predicted octanol–water partition coefficient (Wildman–Crippen LogP) is 2.51. The first kappa shape index (κ1) is 14.3. The summed E-state index contributed by atoms with van der Waals surface area (Å²) in [6.07, 6.45) is 0. The van der Waals surface area contributed by atoms with Crippen molar-refractivity contribution in [1.82, 2.24) is 9.88 Å². The van der Waals surface area contributed by atoms with Gasteiger partial charge in [0.2, 0.25) is 0 Å². The summed E-state index contributed by atoms with van der Waals surface area (Å²) in [6.45, 7) is 11.3. The van der Waals surface area contributed by atoms with Crippen LogP contribution >= 0.6 is 0 Å². The van der Waals surface area contributed by atoms with Crippen molar-refractivity contribution in [3.63, 3.8) is 0 Å². The molecule has 0 aromatic carbocycles. The van der Waals surface area contributed by atoms with Crippen LogP contribution in [0.5, 0.6) is 0 Å². The van der Waals surface area contributed by atoms with Crippen LogP contribution in [0.4, 0.5) is 5.82 Å². The first-order valence-electron chi connectivity index (χ1n) is 6.86. The molecular formula is C15H25N3O. The lowest BCUT2D eigenvalue weighted by atomic mass is 9.99. The van der Waals surface area contributed by atoms with Crippen LogP contribution in [0.1, 0.15) is 33.4 Å². The zero-order valence-corrected chi connectivity index (χ0v) is 12.7. The molecule has 1 saturated heterocycles. The second-order valence-electron chi connectivity index (χ2n) is 6.53. The summed E-state index contributed by atoms with van der Waals surface area (Å²) < 4.78 is 6.10. The van der Waals surface area contributed by atoms with Crippen molar-refractivity contribution in [3.05, 3.63) is 23.9 Å². The molecule has 106 valence electrons. The fourth-order valence-electron chi connectivity index (χ4n) is 2.99. The van der Waals surface area contributed by atoms with Crippen LogP contribution in [0.15, 0.2) is 18.2 Å². The molecule has 4 heteroatoms. The van der Waals surface area contributed by atoms with Crippen molar-refractivity contribution in [2.45, 2.75) is 45.4 Å². The Labute approximate surface area is 116 Å². The summed E-state index contributed by atoms with van der Waals surface area (Å²) in [6, 6.07) is 6.11. The van der Waals surface area contributed by atoms with Gasteiger partial charge < -0.3 is 10.1 Å². The summed E-state index contributed by atoms with van der Waals surface area (Å²) in [7, 11) is 1.90. The summed E-state index contributed by atoms with van der Waals surface area (Å²) in [5.41, 5.74) is 0.880. The Morgan fingerprint density at radius 1 is 1.21 bits per heavy atom. The Morgan fingerprint density at radius 2 is 1.84 bits per heavy atom. The molecule has 0 spiro atoms. The first-order valence-corrected chi connectivity index (χ1v) is 6.86. The highest BCUT2D eigenvalue weighted by Gasteiger charge is 2.37. The first-order chi connectivity index (χ1) is 8.80. The molecule has 4 nitrogen and oxygen atoms in total.